The summed E-state index contributed by atoms with van der Waals surface area (Å²) in [7, 11) is -2.34. The lowest BCUT2D eigenvalue weighted by Crippen LogP contribution is -2.51. The molecule has 0 bridgehead atoms. The Hall–Kier alpha value is -1.39. The van der Waals surface area contributed by atoms with Crippen molar-refractivity contribution < 1.29 is 17.9 Å². The van der Waals surface area contributed by atoms with Crippen LogP contribution in [0, 0.1) is 0 Å². The van der Waals surface area contributed by atoms with Gasteiger partial charge < -0.3 is 14.5 Å². The number of alkyl halides is 3. The molecule has 1 aliphatic rings. The van der Waals surface area contributed by atoms with Crippen molar-refractivity contribution in [2.45, 2.75) is 8.69 Å². The molecule has 1 N–H and O–H groups in total. The van der Waals surface area contributed by atoms with E-state index in [-0.39, 0.29) is 4.90 Å². The molecule has 7 nitrogen and oxygen atoms in total. The monoisotopic (exact) mass is 569 g/mol. The van der Waals surface area contributed by atoms with Crippen LogP contribution in [-0.2, 0) is 14.8 Å². The number of ether oxygens (including phenoxy) is 1. The maximum absolute atomic E-state index is 13.0. The van der Waals surface area contributed by atoms with E-state index in [1.807, 2.05) is 4.90 Å². The molecule has 0 aromatic heterocycles. The molecule has 1 heterocycles. The molecule has 3 rings (SSSR count). The summed E-state index contributed by atoms with van der Waals surface area (Å²) in [4.78, 5) is 15.6. The molecule has 168 valence electrons. The van der Waals surface area contributed by atoms with Crippen molar-refractivity contribution in [1.82, 2.24) is 4.90 Å². The number of halogens is 4. The molecule has 12 heteroatoms. The summed E-state index contributed by atoms with van der Waals surface area (Å²) >= 11 is 20.4. The summed E-state index contributed by atoms with van der Waals surface area (Å²) < 4.78 is 32.5. The van der Waals surface area contributed by atoms with Crippen molar-refractivity contribution in [3.8, 4) is 5.75 Å². The van der Waals surface area contributed by atoms with Gasteiger partial charge in [0.15, 0.2) is 0 Å². The molecule has 2 aromatic rings. The standard InChI is InChI=1S/C19H19BrCl3N3O4S/c1-30-17-7-6-13(31(28,29)24-15-5-3-2-4-14(15)20)12-16(17)25-8-10-26(11-9-25)18(27)19(21,22)23/h2-7,12,24H,8-11H2,1H3. The van der Waals surface area contributed by atoms with Crippen LogP contribution < -0.4 is 14.4 Å². The van der Waals surface area contributed by atoms with Gasteiger partial charge in [-0.05, 0) is 46.3 Å². The van der Waals surface area contributed by atoms with Gasteiger partial charge in [-0.25, -0.2) is 8.42 Å². The highest BCUT2D eigenvalue weighted by Crippen LogP contribution is 2.34. The van der Waals surface area contributed by atoms with Crippen LogP contribution in [-0.4, -0.2) is 56.3 Å². The molecule has 0 spiro atoms. The highest BCUT2D eigenvalue weighted by Gasteiger charge is 2.36. The second kappa shape index (κ2) is 9.62. The van der Waals surface area contributed by atoms with Gasteiger partial charge in [0, 0.05) is 30.7 Å². The van der Waals surface area contributed by atoms with Crippen molar-refractivity contribution >= 4 is 78.0 Å². The Labute approximate surface area is 204 Å². The number of benzene rings is 2. The van der Waals surface area contributed by atoms with Crippen LogP contribution in [0.4, 0.5) is 11.4 Å². The number of sulfonamides is 1. The predicted molar refractivity (Wildman–Crippen MR) is 127 cm³/mol. The van der Waals surface area contributed by atoms with Crippen molar-refractivity contribution in [2.75, 3.05) is 42.9 Å². The number of anilines is 2. The molecule has 1 amide bonds. The lowest BCUT2D eigenvalue weighted by molar-refractivity contribution is -0.130. The average molecular weight is 572 g/mol. The molecule has 0 radical (unpaired) electrons. The van der Waals surface area contributed by atoms with E-state index in [0.717, 1.165) is 0 Å². The lowest BCUT2D eigenvalue weighted by Gasteiger charge is -2.37. The van der Waals surface area contributed by atoms with Gasteiger partial charge in [-0.2, -0.15) is 0 Å². The molecular formula is C19H19BrCl3N3O4S. The number of amides is 1. The lowest BCUT2D eigenvalue weighted by atomic mass is 10.2. The number of nitrogens with one attached hydrogen (secondary N) is 1. The van der Waals surface area contributed by atoms with Crippen LogP contribution in [0.15, 0.2) is 51.8 Å². The topological polar surface area (TPSA) is 79.0 Å². The third-order valence-corrected chi connectivity index (χ3v) is 7.27. The van der Waals surface area contributed by atoms with Crippen molar-refractivity contribution in [3.05, 3.63) is 46.9 Å². The minimum absolute atomic E-state index is 0.0823. The van der Waals surface area contributed by atoms with E-state index in [2.05, 4.69) is 20.7 Å². The maximum atomic E-state index is 13.0. The zero-order valence-electron chi connectivity index (χ0n) is 16.3. The molecule has 0 saturated carbocycles. The van der Waals surface area contributed by atoms with Crippen LogP contribution >= 0.6 is 50.7 Å². The number of piperazine rings is 1. The fraction of sp³-hybridized carbons (Fsp3) is 0.316. The third-order valence-electron chi connectivity index (χ3n) is 4.73. The average Bonchev–Trinajstić information content (AvgIpc) is 2.73. The van der Waals surface area contributed by atoms with Gasteiger partial charge in [-0.1, -0.05) is 46.9 Å². The first-order valence-electron chi connectivity index (χ1n) is 9.09. The highest BCUT2D eigenvalue weighted by atomic mass is 79.9. The van der Waals surface area contributed by atoms with E-state index in [1.165, 1.54) is 18.1 Å². The van der Waals surface area contributed by atoms with Crippen molar-refractivity contribution in [2.24, 2.45) is 0 Å². The summed E-state index contributed by atoms with van der Waals surface area (Å²) in [5.74, 6) is -0.0703. The van der Waals surface area contributed by atoms with E-state index in [1.54, 1.807) is 36.4 Å². The Morgan fingerprint density at radius 1 is 1.10 bits per heavy atom. The highest BCUT2D eigenvalue weighted by molar-refractivity contribution is 9.10. The second-order valence-corrected chi connectivity index (χ2v) is 11.5. The predicted octanol–water partition coefficient (Wildman–Crippen LogP) is 4.28. The molecule has 0 atom stereocenters. The molecule has 1 saturated heterocycles. The Morgan fingerprint density at radius 3 is 2.32 bits per heavy atom. The van der Waals surface area contributed by atoms with Crippen LogP contribution in [0.5, 0.6) is 5.75 Å². The van der Waals surface area contributed by atoms with E-state index in [9.17, 15) is 13.2 Å². The number of methoxy groups -OCH3 is 1. The Bertz CT molecular complexity index is 1070. The maximum Gasteiger partial charge on any atom is 0.274 e. The van der Waals surface area contributed by atoms with Gasteiger partial charge in [0.2, 0.25) is 0 Å². The number of para-hydroxylation sites is 1. The molecule has 1 fully saturated rings. The number of carbonyl (C=O) groups is 1. The number of carbonyl (C=O) groups excluding carboxylic acids is 1. The molecule has 2 aromatic carbocycles. The molecule has 1 aliphatic heterocycles. The largest absolute Gasteiger partial charge is 0.495 e. The smallest absolute Gasteiger partial charge is 0.274 e. The van der Waals surface area contributed by atoms with Crippen LogP contribution in [0.2, 0.25) is 0 Å². The fourth-order valence-electron chi connectivity index (χ4n) is 3.16. The Balaban J connectivity index is 1.83. The SMILES string of the molecule is COc1ccc(S(=O)(=O)Nc2ccccc2Br)cc1N1CCN(C(=O)C(Cl)(Cl)Cl)CC1. The quantitative estimate of drug-likeness (QED) is 0.543. The number of hydrogen-bond acceptors (Lipinski definition) is 5. The molecule has 0 unspecified atom stereocenters. The molecule has 31 heavy (non-hydrogen) atoms. The first kappa shape index (κ1) is 24.3. The first-order chi connectivity index (χ1) is 14.5. The van der Waals surface area contributed by atoms with Crippen LogP contribution in [0.1, 0.15) is 0 Å². The number of nitrogens with zero attached hydrogens (tertiary/aromatic N) is 2. The van der Waals surface area contributed by atoms with Crippen molar-refractivity contribution in [3.63, 3.8) is 0 Å². The molecular weight excluding hydrogens is 553 g/mol. The van der Waals surface area contributed by atoms with E-state index >= 15 is 0 Å². The van der Waals surface area contributed by atoms with Gasteiger partial charge >= 0.3 is 0 Å². The van der Waals surface area contributed by atoms with Crippen LogP contribution in [0.3, 0.4) is 0 Å². The minimum Gasteiger partial charge on any atom is -0.495 e. The summed E-state index contributed by atoms with van der Waals surface area (Å²) in [5, 5.41) is 0. The molecule has 0 aliphatic carbocycles. The fourth-order valence-corrected chi connectivity index (χ4v) is 5.13. The normalized spacial score (nSPS) is 15.0. The van der Waals surface area contributed by atoms with Gasteiger partial charge in [0.05, 0.1) is 23.4 Å². The third kappa shape index (κ3) is 5.70. The van der Waals surface area contributed by atoms with E-state index in [0.29, 0.717) is 47.8 Å². The minimum atomic E-state index is -3.84. The van der Waals surface area contributed by atoms with Crippen molar-refractivity contribution in [1.29, 1.82) is 0 Å². The van der Waals surface area contributed by atoms with Gasteiger partial charge in [-0.15, -0.1) is 0 Å². The Kier molecular flexibility index (Phi) is 7.53. The first-order valence-corrected chi connectivity index (χ1v) is 12.5. The van der Waals surface area contributed by atoms with E-state index in [4.69, 9.17) is 39.5 Å². The zero-order valence-corrected chi connectivity index (χ0v) is 21.0. The number of hydrogen-bond donors (Lipinski definition) is 1. The van der Waals surface area contributed by atoms with Gasteiger partial charge in [-0.3, -0.25) is 9.52 Å². The van der Waals surface area contributed by atoms with Crippen LogP contribution in [0.25, 0.3) is 0 Å². The number of rotatable bonds is 5. The van der Waals surface area contributed by atoms with E-state index < -0.39 is 19.7 Å². The summed E-state index contributed by atoms with van der Waals surface area (Å²) in [6, 6.07) is 11.6. The Morgan fingerprint density at radius 2 is 1.74 bits per heavy atom. The second-order valence-electron chi connectivity index (χ2n) is 6.70. The summed E-state index contributed by atoms with van der Waals surface area (Å²) in [6.07, 6.45) is 0. The summed E-state index contributed by atoms with van der Waals surface area (Å²) in [5.41, 5.74) is 1.03. The zero-order chi connectivity index (χ0) is 22.8. The summed E-state index contributed by atoms with van der Waals surface area (Å²) in [6.45, 7) is 1.48. The van der Waals surface area contributed by atoms with Gasteiger partial charge in [0.25, 0.3) is 19.7 Å². The van der Waals surface area contributed by atoms with Gasteiger partial charge in [0.1, 0.15) is 5.75 Å².